The van der Waals surface area contributed by atoms with Gasteiger partial charge in [0.2, 0.25) is 9.84 Å². The molecule has 0 fully saturated rings. The number of hydrogen-bond acceptors (Lipinski definition) is 6. The van der Waals surface area contributed by atoms with E-state index in [1.54, 1.807) is 36.0 Å². The number of hydrogen-bond donors (Lipinski definition) is 0. The highest BCUT2D eigenvalue weighted by Gasteiger charge is 2.24. The summed E-state index contributed by atoms with van der Waals surface area (Å²) in [4.78, 5) is 2.26. The Kier molecular flexibility index (Phi) is 6.67. The van der Waals surface area contributed by atoms with Crippen LogP contribution in [-0.2, 0) is 9.84 Å². The minimum Gasteiger partial charge on any atom is -0.379 e. The van der Waals surface area contributed by atoms with Gasteiger partial charge in [0.25, 0.3) is 0 Å². The standard InChI is InChI=1S/C12H18N4O2S/c1-5-15(3)9-11(7-13)19(17,18)12(8-14)10-16(4)6-2/h9-10H,5-6H2,1-4H3/b11-9+,12-10+. The van der Waals surface area contributed by atoms with Gasteiger partial charge < -0.3 is 9.80 Å². The maximum absolute atomic E-state index is 12.2. The van der Waals surface area contributed by atoms with Crippen LogP contribution in [-0.4, -0.2) is 45.4 Å². The summed E-state index contributed by atoms with van der Waals surface area (Å²) in [6.45, 7) is 4.76. The van der Waals surface area contributed by atoms with E-state index in [9.17, 15) is 8.42 Å². The Morgan fingerprint density at radius 3 is 1.53 bits per heavy atom. The molecule has 0 spiro atoms. The molecule has 0 N–H and O–H groups in total. The van der Waals surface area contributed by atoms with Gasteiger partial charge in [-0.3, -0.25) is 0 Å². The molecule has 0 aliphatic carbocycles. The second-order valence-electron chi connectivity index (χ2n) is 3.86. The molecule has 7 heteroatoms. The van der Waals surface area contributed by atoms with Crippen LogP contribution in [0.25, 0.3) is 0 Å². The lowest BCUT2D eigenvalue weighted by Gasteiger charge is -2.13. The third-order valence-corrected chi connectivity index (χ3v) is 4.02. The molecule has 104 valence electrons. The molecule has 0 aromatic rings. The van der Waals surface area contributed by atoms with E-state index in [4.69, 9.17) is 10.5 Å². The van der Waals surface area contributed by atoms with Gasteiger partial charge in [0, 0.05) is 39.6 Å². The van der Waals surface area contributed by atoms with Crippen LogP contribution in [0.5, 0.6) is 0 Å². The van der Waals surface area contributed by atoms with Crippen molar-refractivity contribution >= 4 is 9.84 Å². The fraction of sp³-hybridized carbons (Fsp3) is 0.500. The maximum atomic E-state index is 12.2. The Balaban J connectivity index is 5.71. The van der Waals surface area contributed by atoms with Gasteiger partial charge in [0.05, 0.1) is 0 Å². The van der Waals surface area contributed by atoms with E-state index in [1.165, 1.54) is 12.4 Å². The smallest absolute Gasteiger partial charge is 0.229 e. The normalized spacial score (nSPS) is 12.5. The Morgan fingerprint density at radius 1 is 1.00 bits per heavy atom. The van der Waals surface area contributed by atoms with Crippen molar-refractivity contribution in [3.63, 3.8) is 0 Å². The SMILES string of the molecule is CCN(C)/C=C(\C#N)S(=O)(=O)/C(C#N)=C/N(C)CC. The second-order valence-corrected chi connectivity index (χ2v) is 5.75. The van der Waals surface area contributed by atoms with Crippen molar-refractivity contribution in [2.24, 2.45) is 0 Å². The monoisotopic (exact) mass is 282 g/mol. The first kappa shape index (κ1) is 17.0. The van der Waals surface area contributed by atoms with E-state index in [1.807, 2.05) is 13.8 Å². The molecule has 0 saturated heterocycles. The van der Waals surface area contributed by atoms with Crippen molar-refractivity contribution in [3.8, 4) is 12.1 Å². The van der Waals surface area contributed by atoms with Gasteiger partial charge in [-0.25, -0.2) is 8.42 Å². The third-order valence-electron chi connectivity index (χ3n) is 2.47. The summed E-state index contributed by atoms with van der Waals surface area (Å²) in [6, 6.07) is 3.27. The van der Waals surface area contributed by atoms with E-state index in [2.05, 4.69) is 0 Å². The number of sulfone groups is 1. The number of nitriles is 2. The van der Waals surface area contributed by atoms with Crippen LogP contribution in [0.1, 0.15) is 13.8 Å². The van der Waals surface area contributed by atoms with Gasteiger partial charge in [-0.15, -0.1) is 0 Å². The lowest BCUT2D eigenvalue weighted by atomic mass is 10.6. The van der Waals surface area contributed by atoms with Crippen molar-refractivity contribution in [3.05, 3.63) is 22.2 Å². The predicted molar refractivity (Wildman–Crippen MR) is 72.9 cm³/mol. The lowest BCUT2D eigenvalue weighted by Crippen LogP contribution is -2.16. The third kappa shape index (κ3) is 4.65. The first-order chi connectivity index (χ1) is 8.83. The lowest BCUT2D eigenvalue weighted by molar-refractivity contribution is 0.481. The maximum Gasteiger partial charge on any atom is 0.229 e. The summed E-state index contributed by atoms with van der Waals surface area (Å²) in [7, 11) is -0.750. The fourth-order valence-electron chi connectivity index (χ4n) is 1.02. The molecule has 0 amide bonds. The number of allylic oxidation sites excluding steroid dienone is 2. The fourth-order valence-corrected chi connectivity index (χ4v) is 2.13. The van der Waals surface area contributed by atoms with E-state index in [-0.39, 0.29) is 0 Å². The van der Waals surface area contributed by atoms with E-state index in [0.717, 1.165) is 0 Å². The zero-order chi connectivity index (χ0) is 15.1. The summed E-state index contributed by atoms with van der Waals surface area (Å²) >= 11 is 0. The zero-order valence-corrected chi connectivity index (χ0v) is 12.4. The molecular weight excluding hydrogens is 264 g/mol. The molecule has 19 heavy (non-hydrogen) atoms. The van der Waals surface area contributed by atoms with Crippen molar-refractivity contribution in [1.82, 2.24) is 9.80 Å². The van der Waals surface area contributed by atoms with Crippen LogP contribution < -0.4 is 0 Å². The van der Waals surface area contributed by atoms with Crippen LogP contribution in [0.2, 0.25) is 0 Å². The molecule has 0 aliphatic rings. The molecule has 6 nitrogen and oxygen atoms in total. The average molecular weight is 282 g/mol. The zero-order valence-electron chi connectivity index (χ0n) is 11.6. The highest BCUT2D eigenvalue weighted by atomic mass is 32.2. The molecular formula is C12H18N4O2S. The first-order valence-electron chi connectivity index (χ1n) is 5.72. The quantitative estimate of drug-likeness (QED) is 0.676. The van der Waals surface area contributed by atoms with Crippen molar-refractivity contribution in [1.29, 1.82) is 10.5 Å². The van der Waals surface area contributed by atoms with Gasteiger partial charge in [-0.2, -0.15) is 10.5 Å². The van der Waals surface area contributed by atoms with Gasteiger partial charge >= 0.3 is 0 Å². The van der Waals surface area contributed by atoms with E-state index < -0.39 is 19.6 Å². The van der Waals surface area contributed by atoms with Crippen LogP contribution in [0.15, 0.2) is 22.2 Å². The van der Waals surface area contributed by atoms with Crippen LogP contribution >= 0.6 is 0 Å². The Hall–Kier alpha value is -1.99. The Morgan fingerprint density at radius 2 is 1.32 bits per heavy atom. The first-order valence-corrected chi connectivity index (χ1v) is 7.21. The summed E-state index contributed by atoms with van der Waals surface area (Å²) < 4.78 is 24.3. The topological polar surface area (TPSA) is 88.2 Å². The van der Waals surface area contributed by atoms with Crippen LogP contribution in [0, 0.1) is 22.7 Å². The molecule has 0 aromatic carbocycles. The molecule has 0 radical (unpaired) electrons. The molecule has 0 aliphatic heterocycles. The minimum atomic E-state index is -4.06. The summed E-state index contributed by atoms with van der Waals surface area (Å²) in [5, 5.41) is 17.9. The van der Waals surface area contributed by atoms with Gasteiger partial charge in [0.1, 0.15) is 12.1 Å². The molecule has 0 bridgehead atoms. The molecule has 0 aromatic heterocycles. The van der Waals surface area contributed by atoms with Crippen molar-refractivity contribution in [2.45, 2.75) is 13.8 Å². The molecule has 0 atom stereocenters. The molecule has 0 rings (SSSR count). The number of rotatable bonds is 6. The van der Waals surface area contributed by atoms with Crippen LogP contribution in [0.3, 0.4) is 0 Å². The highest BCUT2D eigenvalue weighted by Crippen LogP contribution is 2.17. The average Bonchev–Trinajstić information content (AvgIpc) is 2.40. The van der Waals surface area contributed by atoms with Gasteiger partial charge in [-0.1, -0.05) is 0 Å². The summed E-state index contributed by atoms with van der Waals surface area (Å²) in [6.07, 6.45) is 2.46. The molecule has 0 unspecified atom stereocenters. The summed E-state index contributed by atoms with van der Waals surface area (Å²) in [5.74, 6) is 0. The number of nitrogens with zero attached hydrogens (tertiary/aromatic N) is 4. The minimum absolute atomic E-state index is 0.436. The van der Waals surface area contributed by atoms with Gasteiger partial charge in [0.15, 0.2) is 9.81 Å². The van der Waals surface area contributed by atoms with E-state index >= 15 is 0 Å². The highest BCUT2D eigenvalue weighted by molar-refractivity contribution is 7.99. The largest absolute Gasteiger partial charge is 0.379 e. The van der Waals surface area contributed by atoms with E-state index in [0.29, 0.717) is 13.1 Å². The van der Waals surface area contributed by atoms with Crippen LogP contribution in [0.4, 0.5) is 0 Å². The van der Waals surface area contributed by atoms with Crippen molar-refractivity contribution < 1.29 is 8.42 Å². The van der Waals surface area contributed by atoms with Gasteiger partial charge in [-0.05, 0) is 13.8 Å². The summed E-state index contributed by atoms with van der Waals surface area (Å²) in [5.41, 5.74) is 0. The Bertz CT molecular complexity index is 505. The Labute approximate surface area is 114 Å². The molecule has 0 saturated carbocycles. The van der Waals surface area contributed by atoms with Crippen molar-refractivity contribution in [2.75, 3.05) is 27.2 Å². The second kappa shape index (κ2) is 7.45. The predicted octanol–water partition coefficient (Wildman–Crippen LogP) is 1.03. The molecule has 0 heterocycles.